The van der Waals surface area contributed by atoms with Crippen LogP contribution in [0.3, 0.4) is 0 Å². The van der Waals surface area contributed by atoms with Crippen LogP contribution in [0.4, 0.5) is 0 Å². The van der Waals surface area contributed by atoms with Crippen molar-refractivity contribution in [2.75, 3.05) is 0 Å². The van der Waals surface area contributed by atoms with Crippen LogP contribution in [0.25, 0.3) is 65.3 Å². The molecular weight excluding hydrogens is 640 g/mol. The Morgan fingerprint density at radius 3 is 0.674 bits per heavy atom. The molecule has 6 heteroatoms. The van der Waals surface area contributed by atoms with Gasteiger partial charge in [0.25, 0.3) is 0 Å². The summed E-state index contributed by atoms with van der Waals surface area (Å²) in [6.45, 7) is 0. The minimum atomic E-state index is -0.118. The number of rotatable bonds is 2. The van der Waals surface area contributed by atoms with E-state index in [2.05, 4.69) is 0 Å². The first-order chi connectivity index (χ1) is 21.5. The number of fused-ring (bicyclic) bond motifs is 4. The van der Waals surface area contributed by atoms with Crippen LogP contribution in [0, 0.1) is 0 Å². The fourth-order valence-corrected chi connectivity index (χ4v) is 6.04. The van der Waals surface area contributed by atoms with Crippen LogP contribution >= 0.6 is 0 Å². The maximum absolute atomic E-state index is 12.5. The van der Waals surface area contributed by atoms with Crippen molar-refractivity contribution in [2.24, 2.45) is 0 Å². The van der Waals surface area contributed by atoms with Crippen molar-refractivity contribution in [1.29, 1.82) is 0 Å². The standard InChI is InChI=1S/2C20H14O2.Li.Y/c2*21-17-11-9-13-5-1-3-7-15(13)19(17)20-16-8-4-2-6-14(16)10-12-18(20)22;;/h2*1-12,21-22H;;/q;;+1;+3/p-4. The maximum Gasteiger partial charge on any atom is 3.00 e. The summed E-state index contributed by atoms with van der Waals surface area (Å²) in [4.78, 5) is 0. The minimum Gasteiger partial charge on any atom is -0.872 e. The summed E-state index contributed by atoms with van der Waals surface area (Å²) in [7, 11) is 0. The smallest absolute Gasteiger partial charge is 0.872 e. The van der Waals surface area contributed by atoms with Gasteiger partial charge in [0.1, 0.15) is 0 Å². The van der Waals surface area contributed by atoms with E-state index >= 15 is 0 Å². The molecule has 0 heterocycles. The van der Waals surface area contributed by atoms with Crippen LogP contribution in [0.5, 0.6) is 23.0 Å². The molecule has 0 aliphatic rings. The SMILES string of the molecule is [Li+].[O-]c1ccc2ccccc2c1-c1c([O-])ccc2ccccc12.[O-]c1ccc2ccccc2c1-c1c([O-])ccc2ccccc12.[Y+3]. The molecule has 0 aliphatic carbocycles. The molecule has 0 saturated carbocycles. The predicted octanol–water partition coefficient (Wildman–Crippen LogP) is 4.62. The molecule has 0 N–H and O–H groups in total. The molecule has 8 aromatic rings. The largest absolute Gasteiger partial charge is 3.00 e. The van der Waals surface area contributed by atoms with Gasteiger partial charge >= 0.3 is 51.6 Å². The van der Waals surface area contributed by atoms with Crippen molar-refractivity contribution in [3.8, 4) is 45.3 Å². The van der Waals surface area contributed by atoms with E-state index in [0.29, 0.717) is 22.3 Å². The van der Waals surface area contributed by atoms with Crippen molar-refractivity contribution in [3.63, 3.8) is 0 Å². The number of benzene rings is 8. The molecule has 0 bridgehead atoms. The van der Waals surface area contributed by atoms with Crippen LogP contribution < -0.4 is 39.3 Å². The fourth-order valence-electron chi connectivity index (χ4n) is 6.04. The minimum absolute atomic E-state index is 0. The Bertz CT molecular complexity index is 2020. The van der Waals surface area contributed by atoms with Crippen LogP contribution in [0.1, 0.15) is 0 Å². The Morgan fingerprint density at radius 2 is 0.457 bits per heavy atom. The molecule has 0 fully saturated rings. The Labute approximate surface area is 303 Å². The van der Waals surface area contributed by atoms with E-state index < -0.39 is 0 Å². The fraction of sp³-hybridized carbons (Fsp3) is 0. The van der Waals surface area contributed by atoms with E-state index in [9.17, 15) is 20.4 Å². The monoisotopic (exact) mass is 664 g/mol. The second-order valence-electron chi connectivity index (χ2n) is 10.6. The van der Waals surface area contributed by atoms with E-state index in [4.69, 9.17) is 0 Å². The van der Waals surface area contributed by atoms with Gasteiger partial charge in [-0.3, -0.25) is 0 Å². The second-order valence-corrected chi connectivity index (χ2v) is 10.6. The average molecular weight is 664 g/mol. The average Bonchev–Trinajstić information content (AvgIpc) is 3.06. The van der Waals surface area contributed by atoms with Crippen LogP contribution in [0.15, 0.2) is 146 Å². The van der Waals surface area contributed by atoms with Gasteiger partial charge in [-0.05, 0) is 65.3 Å². The summed E-state index contributed by atoms with van der Waals surface area (Å²) in [5, 5.41) is 57.1. The summed E-state index contributed by atoms with van der Waals surface area (Å²) in [5.74, 6) is -0.474. The van der Waals surface area contributed by atoms with Gasteiger partial charge in [-0.2, -0.15) is 0 Å². The summed E-state index contributed by atoms with van der Waals surface area (Å²) in [6, 6.07) is 44.0. The molecule has 0 radical (unpaired) electrons. The summed E-state index contributed by atoms with van der Waals surface area (Å²) >= 11 is 0. The summed E-state index contributed by atoms with van der Waals surface area (Å²) in [5.41, 5.74) is 2.00. The molecule has 0 spiro atoms. The molecular formula is C40H24LiO4Y. The maximum atomic E-state index is 12.5. The Morgan fingerprint density at radius 1 is 0.261 bits per heavy atom. The molecule has 0 aliphatic heterocycles. The van der Waals surface area contributed by atoms with Crippen molar-refractivity contribution in [3.05, 3.63) is 146 Å². The normalized spacial score (nSPS) is 10.6. The summed E-state index contributed by atoms with van der Waals surface area (Å²) < 4.78 is 0. The van der Waals surface area contributed by atoms with Crippen molar-refractivity contribution < 1.29 is 72.0 Å². The van der Waals surface area contributed by atoms with Gasteiger partial charge in [0.15, 0.2) is 0 Å². The molecule has 46 heavy (non-hydrogen) atoms. The second kappa shape index (κ2) is 14.0. The first kappa shape index (κ1) is 33.1. The van der Waals surface area contributed by atoms with Crippen LogP contribution in [-0.4, -0.2) is 0 Å². The van der Waals surface area contributed by atoms with Gasteiger partial charge in [0, 0.05) is 0 Å². The Hall–Kier alpha value is -4.30. The number of hydrogen-bond acceptors (Lipinski definition) is 4. The summed E-state index contributed by atoms with van der Waals surface area (Å²) in [6.07, 6.45) is 0. The van der Waals surface area contributed by atoms with E-state index in [-0.39, 0.29) is 74.6 Å². The van der Waals surface area contributed by atoms with E-state index in [0.717, 1.165) is 43.1 Å². The van der Waals surface area contributed by atoms with Gasteiger partial charge in [0.2, 0.25) is 0 Å². The zero-order valence-electron chi connectivity index (χ0n) is 25.1. The van der Waals surface area contributed by atoms with Gasteiger partial charge in [-0.1, -0.05) is 146 Å². The number of hydrogen-bond donors (Lipinski definition) is 0. The van der Waals surface area contributed by atoms with Crippen LogP contribution in [-0.2, 0) is 32.7 Å². The molecule has 8 rings (SSSR count). The Balaban J connectivity index is 0.000000174. The molecule has 0 unspecified atom stereocenters. The third-order valence-electron chi connectivity index (χ3n) is 8.06. The Kier molecular flexibility index (Phi) is 10.1. The van der Waals surface area contributed by atoms with Crippen molar-refractivity contribution >= 4 is 43.1 Å². The van der Waals surface area contributed by atoms with E-state index in [1.807, 2.05) is 97.1 Å². The molecule has 0 amide bonds. The van der Waals surface area contributed by atoms with E-state index in [1.165, 1.54) is 0 Å². The molecule has 4 nitrogen and oxygen atoms in total. The third kappa shape index (κ3) is 5.98. The van der Waals surface area contributed by atoms with Gasteiger partial charge < -0.3 is 20.4 Å². The zero-order chi connectivity index (χ0) is 30.2. The van der Waals surface area contributed by atoms with Crippen molar-refractivity contribution in [1.82, 2.24) is 0 Å². The molecule has 0 saturated heterocycles. The first-order valence-electron chi connectivity index (χ1n) is 14.3. The topological polar surface area (TPSA) is 92.2 Å². The zero-order valence-corrected chi connectivity index (χ0v) is 27.9. The van der Waals surface area contributed by atoms with Gasteiger partial charge in [0.05, 0.1) is 0 Å². The predicted molar refractivity (Wildman–Crippen MR) is 172 cm³/mol. The van der Waals surface area contributed by atoms with Crippen molar-refractivity contribution in [2.45, 2.75) is 0 Å². The molecule has 212 valence electrons. The van der Waals surface area contributed by atoms with E-state index in [1.54, 1.807) is 48.5 Å². The first-order valence-corrected chi connectivity index (χ1v) is 14.3. The van der Waals surface area contributed by atoms with Gasteiger partial charge in [-0.15, -0.1) is 23.0 Å². The third-order valence-corrected chi connectivity index (χ3v) is 8.06. The quantitative estimate of drug-likeness (QED) is 0.253. The molecule has 8 aromatic carbocycles. The van der Waals surface area contributed by atoms with Gasteiger partial charge in [-0.25, -0.2) is 0 Å². The van der Waals surface area contributed by atoms with Crippen LogP contribution in [0.2, 0.25) is 0 Å². The molecule has 0 aromatic heterocycles. The molecule has 0 atom stereocenters.